The van der Waals surface area contributed by atoms with Gasteiger partial charge in [0.2, 0.25) is 0 Å². The number of hydrogen-bond donors (Lipinski definition) is 2. The van der Waals surface area contributed by atoms with Crippen LogP contribution in [-0.4, -0.2) is 37.4 Å². The van der Waals surface area contributed by atoms with Crippen LogP contribution in [0.4, 0.5) is 4.79 Å². The van der Waals surface area contributed by atoms with Gasteiger partial charge >= 0.3 is 6.16 Å². The van der Waals surface area contributed by atoms with Gasteiger partial charge in [-0.25, -0.2) is 4.79 Å². The van der Waals surface area contributed by atoms with Crippen LogP contribution in [0.2, 0.25) is 15.1 Å². The quantitative estimate of drug-likeness (QED) is 0.285. The molecule has 11 heteroatoms. The first-order valence-corrected chi connectivity index (χ1v) is 12.3. The Morgan fingerprint density at radius 2 is 1.81 bits per heavy atom. The van der Waals surface area contributed by atoms with Crippen LogP contribution in [0.15, 0.2) is 48.5 Å². The fraction of sp³-hybridized carbons (Fsp3) is 0.231. The number of benzene rings is 3. The zero-order valence-corrected chi connectivity index (χ0v) is 21.8. The first-order valence-electron chi connectivity index (χ1n) is 11.2. The van der Waals surface area contributed by atoms with Gasteiger partial charge < -0.3 is 29.4 Å². The van der Waals surface area contributed by atoms with E-state index in [1.165, 1.54) is 7.11 Å². The zero-order valence-electron chi connectivity index (χ0n) is 19.6. The maximum atomic E-state index is 12.6. The third kappa shape index (κ3) is 6.52. The second-order valence-corrected chi connectivity index (χ2v) is 9.28. The number of ether oxygens (including phenoxy) is 4. The largest absolute Gasteiger partial charge is 0.506 e. The van der Waals surface area contributed by atoms with E-state index in [1.54, 1.807) is 48.5 Å². The van der Waals surface area contributed by atoms with E-state index >= 15 is 0 Å². The molecule has 0 fully saturated rings. The summed E-state index contributed by atoms with van der Waals surface area (Å²) < 4.78 is 21.8. The molecule has 37 heavy (non-hydrogen) atoms. The molecule has 0 radical (unpaired) electrons. The number of carbonyl (C=O) groups excluding carboxylic acids is 1. The van der Waals surface area contributed by atoms with Crippen LogP contribution in [0.1, 0.15) is 34.0 Å². The van der Waals surface area contributed by atoms with Crippen molar-refractivity contribution in [3.8, 4) is 23.0 Å². The number of hydrogen-bond acceptors (Lipinski definition) is 6. The van der Waals surface area contributed by atoms with Gasteiger partial charge in [-0.1, -0.05) is 34.8 Å². The summed E-state index contributed by atoms with van der Waals surface area (Å²) in [6.07, 6.45) is -1.18. The third-order valence-corrected chi connectivity index (χ3v) is 6.49. The topological polar surface area (TPSA) is 103 Å². The van der Waals surface area contributed by atoms with Crippen LogP contribution < -0.4 is 19.5 Å². The Balaban J connectivity index is 1.38. The number of halogens is 3. The molecule has 3 aromatic rings. The summed E-state index contributed by atoms with van der Waals surface area (Å²) in [6, 6.07) is 13.0. The molecular weight excluding hydrogens is 545 g/mol. The number of amides is 1. The minimum Gasteiger partial charge on any atom is -0.496 e. The van der Waals surface area contributed by atoms with Crippen molar-refractivity contribution in [2.45, 2.75) is 18.9 Å². The molecule has 0 aliphatic carbocycles. The molecule has 1 aliphatic rings. The van der Waals surface area contributed by atoms with Gasteiger partial charge in [0.25, 0.3) is 5.91 Å². The van der Waals surface area contributed by atoms with Crippen molar-refractivity contribution in [3.63, 3.8) is 0 Å². The predicted molar refractivity (Wildman–Crippen MR) is 139 cm³/mol. The number of fused-ring (bicyclic) bond motifs is 1. The van der Waals surface area contributed by atoms with Gasteiger partial charge in [-0.2, -0.15) is 0 Å². The summed E-state index contributed by atoms with van der Waals surface area (Å²) in [5, 5.41) is 13.0. The Morgan fingerprint density at radius 3 is 2.51 bits per heavy atom. The number of carbonyl (C=O) groups is 2. The van der Waals surface area contributed by atoms with E-state index in [1.807, 2.05) is 0 Å². The van der Waals surface area contributed by atoms with Crippen molar-refractivity contribution in [2.75, 3.05) is 20.3 Å². The summed E-state index contributed by atoms with van der Waals surface area (Å²) in [7, 11) is 1.53. The average molecular weight is 567 g/mol. The monoisotopic (exact) mass is 565 g/mol. The van der Waals surface area contributed by atoms with Crippen molar-refractivity contribution in [1.29, 1.82) is 0 Å². The molecule has 0 saturated carbocycles. The number of carboxylic acid groups (broad SMARTS) is 1. The highest BCUT2D eigenvalue weighted by molar-refractivity contribution is 6.35. The molecular formula is C26H22Cl3NO7. The van der Waals surface area contributed by atoms with Crippen LogP contribution in [0, 0.1) is 0 Å². The molecule has 1 atom stereocenters. The Kier molecular flexibility index (Phi) is 8.53. The van der Waals surface area contributed by atoms with Crippen molar-refractivity contribution >= 4 is 46.9 Å². The summed E-state index contributed by atoms with van der Waals surface area (Å²) >= 11 is 18.6. The molecule has 0 spiro atoms. The van der Waals surface area contributed by atoms with Crippen LogP contribution >= 0.6 is 34.8 Å². The molecule has 1 heterocycles. The normalized spacial score (nSPS) is 14.2. The predicted octanol–water partition coefficient (Wildman–Crippen LogP) is 6.94. The van der Waals surface area contributed by atoms with E-state index in [9.17, 15) is 9.59 Å². The van der Waals surface area contributed by atoms with Gasteiger partial charge in [-0.3, -0.25) is 4.79 Å². The zero-order chi connectivity index (χ0) is 26.5. The Morgan fingerprint density at radius 1 is 1.05 bits per heavy atom. The molecule has 1 aliphatic heterocycles. The van der Waals surface area contributed by atoms with E-state index in [0.29, 0.717) is 70.2 Å². The first-order chi connectivity index (χ1) is 17.7. The SMILES string of the molecule is COc1cc(Cl)cc(Cl)c1CCNC(=O)c1ccc(Oc2cc3c(cc2Cl)C(OC(=O)O)CCO3)cc1. The van der Waals surface area contributed by atoms with Crippen LogP contribution in [0.5, 0.6) is 23.0 Å². The molecule has 8 nitrogen and oxygen atoms in total. The number of rotatable bonds is 8. The molecule has 0 aromatic heterocycles. The van der Waals surface area contributed by atoms with Crippen LogP contribution in [0.25, 0.3) is 0 Å². The van der Waals surface area contributed by atoms with Crippen molar-refractivity contribution in [1.82, 2.24) is 5.32 Å². The summed E-state index contributed by atoms with van der Waals surface area (Å²) in [5.41, 5.74) is 1.73. The summed E-state index contributed by atoms with van der Waals surface area (Å²) in [5.74, 6) is 1.50. The van der Waals surface area contributed by atoms with E-state index < -0.39 is 12.3 Å². The van der Waals surface area contributed by atoms with Gasteiger partial charge in [-0.05, 0) is 48.9 Å². The number of nitrogens with one attached hydrogen (secondary N) is 1. The fourth-order valence-electron chi connectivity index (χ4n) is 3.89. The standard InChI is InChI=1S/C26H22Cl3NO7/c1-34-22-11-15(27)10-19(28)17(22)6-8-30-25(31)14-2-4-16(5-3-14)36-24-13-23-18(12-20(24)29)21(7-9-35-23)37-26(32)33/h2-5,10-13,21H,6-9H2,1H3,(H,30,31)(H,32,33). The highest BCUT2D eigenvalue weighted by Gasteiger charge is 2.27. The van der Waals surface area contributed by atoms with E-state index in [2.05, 4.69) is 5.32 Å². The van der Waals surface area contributed by atoms with Crippen LogP contribution in [-0.2, 0) is 11.2 Å². The van der Waals surface area contributed by atoms with Gasteiger partial charge in [0.05, 0.1) is 18.7 Å². The van der Waals surface area contributed by atoms with Gasteiger partial charge in [0.15, 0.2) is 0 Å². The third-order valence-electron chi connectivity index (χ3n) is 5.64. The van der Waals surface area contributed by atoms with E-state index in [-0.39, 0.29) is 10.9 Å². The Hall–Kier alpha value is -3.33. The summed E-state index contributed by atoms with van der Waals surface area (Å²) in [4.78, 5) is 23.5. The van der Waals surface area contributed by atoms with E-state index in [4.69, 9.17) is 58.9 Å². The Bertz CT molecular complexity index is 1310. The molecule has 194 valence electrons. The second kappa shape index (κ2) is 11.8. The molecule has 3 aromatic carbocycles. The van der Waals surface area contributed by atoms with Crippen molar-refractivity contribution in [3.05, 3.63) is 80.3 Å². The minimum absolute atomic E-state index is 0.264. The maximum Gasteiger partial charge on any atom is 0.506 e. The average Bonchev–Trinajstić information content (AvgIpc) is 2.86. The highest BCUT2D eigenvalue weighted by atomic mass is 35.5. The fourth-order valence-corrected chi connectivity index (χ4v) is 4.67. The lowest BCUT2D eigenvalue weighted by molar-refractivity contribution is 0.0326. The molecule has 4 rings (SSSR count). The smallest absolute Gasteiger partial charge is 0.496 e. The number of methoxy groups -OCH3 is 1. The van der Waals surface area contributed by atoms with Crippen LogP contribution in [0.3, 0.4) is 0 Å². The lowest BCUT2D eigenvalue weighted by Crippen LogP contribution is -2.25. The Labute approximate surface area is 227 Å². The second-order valence-electron chi connectivity index (χ2n) is 8.03. The maximum absolute atomic E-state index is 12.6. The van der Waals surface area contributed by atoms with Crippen molar-refractivity contribution < 1.29 is 33.6 Å². The lowest BCUT2D eigenvalue weighted by Gasteiger charge is -2.25. The molecule has 0 bridgehead atoms. The molecule has 1 amide bonds. The first kappa shape index (κ1) is 26.7. The van der Waals surface area contributed by atoms with E-state index in [0.717, 1.165) is 5.56 Å². The van der Waals surface area contributed by atoms with Crippen molar-refractivity contribution in [2.24, 2.45) is 0 Å². The molecule has 0 saturated heterocycles. The molecule has 1 unspecified atom stereocenters. The van der Waals surface area contributed by atoms with Gasteiger partial charge in [-0.15, -0.1) is 0 Å². The minimum atomic E-state index is -1.37. The highest BCUT2D eigenvalue weighted by Crippen LogP contribution is 2.42. The molecule has 2 N–H and O–H groups in total. The van der Waals surface area contributed by atoms with Gasteiger partial charge in [0, 0.05) is 45.8 Å². The summed E-state index contributed by atoms with van der Waals surface area (Å²) in [6.45, 7) is 0.638. The lowest BCUT2D eigenvalue weighted by atomic mass is 10.0. The van der Waals surface area contributed by atoms with Gasteiger partial charge in [0.1, 0.15) is 29.1 Å².